The van der Waals surface area contributed by atoms with Crippen LogP contribution in [-0.4, -0.2) is 74.2 Å². The summed E-state index contributed by atoms with van der Waals surface area (Å²) in [6.45, 7) is 4.33. The highest BCUT2D eigenvalue weighted by Gasteiger charge is 2.40. The lowest BCUT2D eigenvalue weighted by Crippen LogP contribution is -2.42. The predicted molar refractivity (Wildman–Crippen MR) is 123 cm³/mol. The monoisotopic (exact) mass is 480 g/mol. The number of hydrogen-bond acceptors (Lipinski definition) is 8. The summed E-state index contributed by atoms with van der Waals surface area (Å²) in [7, 11) is 0. The maximum absolute atomic E-state index is 15.5. The van der Waals surface area contributed by atoms with E-state index in [4.69, 9.17) is 4.74 Å². The Morgan fingerprint density at radius 2 is 2.00 bits per heavy atom. The van der Waals surface area contributed by atoms with Gasteiger partial charge in [0.15, 0.2) is 5.65 Å². The lowest BCUT2D eigenvalue weighted by molar-refractivity contribution is -0.123. The predicted octanol–water partition coefficient (Wildman–Crippen LogP) is 1.99. The number of fused-ring (bicyclic) bond motifs is 2. The van der Waals surface area contributed by atoms with Crippen molar-refractivity contribution in [1.82, 2.24) is 35.1 Å². The fraction of sp³-hybridized carbons (Fsp3) is 0.304. The summed E-state index contributed by atoms with van der Waals surface area (Å²) < 4.78 is 37.3. The highest BCUT2D eigenvalue weighted by Crippen LogP contribution is 2.35. The van der Waals surface area contributed by atoms with Crippen molar-refractivity contribution in [1.29, 1.82) is 0 Å². The Kier molecular flexibility index (Phi) is 6.14. The van der Waals surface area contributed by atoms with Crippen LogP contribution in [-0.2, 0) is 15.5 Å². The minimum absolute atomic E-state index is 0.162. The number of pyridine rings is 1. The fourth-order valence-electron chi connectivity index (χ4n) is 3.78. The van der Waals surface area contributed by atoms with E-state index in [0.29, 0.717) is 48.6 Å². The molecule has 180 valence electrons. The number of aromatic nitrogens is 5. The molecule has 35 heavy (non-hydrogen) atoms. The lowest BCUT2D eigenvalue weighted by atomic mass is 10.0. The minimum Gasteiger partial charge on any atom is -0.379 e. The Labute approximate surface area is 198 Å². The van der Waals surface area contributed by atoms with Gasteiger partial charge in [0, 0.05) is 30.2 Å². The average Bonchev–Trinajstić information content (AvgIpc) is 3.32. The number of carbonyl (C=O) groups excluding carboxylic acids is 1. The molecule has 1 saturated heterocycles. The molecule has 4 heterocycles. The number of ether oxygens (including phenoxy) is 1. The molecule has 1 N–H and O–H groups in total. The zero-order valence-electron chi connectivity index (χ0n) is 18.9. The Hall–Kier alpha value is -3.90. The number of hydrazone groups is 1. The van der Waals surface area contributed by atoms with Crippen LogP contribution in [0.1, 0.15) is 24.0 Å². The number of alkyl halides is 2. The molecule has 1 fully saturated rings. The molecule has 4 aromatic rings. The molecule has 0 bridgehead atoms. The maximum atomic E-state index is 15.5. The number of nitrogens with one attached hydrogen (secondary N) is 1. The Balaban J connectivity index is 1.39. The summed E-state index contributed by atoms with van der Waals surface area (Å²) in [5.41, 5.74) is 3.66. The van der Waals surface area contributed by atoms with Gasteiger partial charge in [-0.05, 0) is 37.3 Å². The average molecular weight is 480 g/mol. The number of carbonyl (C=O) groups is 1. The van der Waals surface area contributed by atoms with Crippen LogP contribution >= 0.6 is 0 Å². The van der Waals surface area contributed by atoms with Gasteiger partial charge in [0.25, 0.3) is 5.91 Å². The lowest BCUT2D eigenvalue weighted by Gasteiger charge is -2.25. The van der Waals surface area contributed by atoms with E-state index in [1.165, 1.54) is 24.3 Å². The normalized spacial score (nSPS) is 15.6. The van der Waals surface area contributed by atoms with Crippen LogP contribution in [0.4, 0.5) is 8.78 Å². The van der Waals surface area contributed by atoms with Gasteiger partial charge in [0.1, 0.15) is 5.69 Å². The van der Waals surface area contributed by atoms with E-state index in [9.17, 15) is 4.79 Å². The van der Waals surface area contributed by atoms with Gasteiger partial charge in [-0.3, -0.25) is 14.7 Å². The molecule has 0 radical (unpaired) electrons. The first kappa shape index (κ1) is 22.9. The van der Waals surface area contributed by atoms with Crippen molar-refractivity contribution in [2.24, 2.45) is 5.10 Å². The fourth-order valence-corrected chi connectivity index (χ4v) is 3.78. The molecule has 10 nitrogen and oxygen atoms in total. The van der Waals surface area contributed by atoms with E-state index in [2.05, 4.69) is 30.8 Å². The number of benzene rings is 1. The first-order chi connectivity index (χ1) is 16.9. The second kappa shape index (κ2) is 9.39. The van der Waals surface area contributed by atoms with E-state index in [-0.39, 0.29) is 23.7 Å². The van der Waals surface area contributed by atoms with E-state index in [0.717, 1.165) is 4.52 Å². The topological polar surface area (TPSA) is 110 Å². The number of amides is 1. The summed E-state index contributed by atoms with van der Waals surface area (Å²) in [4.78, 5) is 18.3. The van der Waals surface area contributed by atoms with Gasteiger partial charge in [0.2, 0.25) is 5.82 Å². The summed E-state index contributed by atoms with van der Waals surface area (Å²) >= 11 is 0. The molecule has 5 rings (SSSR count). The largest absolute Gasteiger partial charge is 0.379 e. The molecule has 1 aliphatic heterocycles. The second-order valence-corrected chi connectivity index (χ2v) is 8.12. The number of nitrogens with zero attached hydrogens (tertiary/aromatic N) is 7. The molecule has 0 spiro atoms. The summed E-state index contributed by atoms with van der Waals surface area (Å²) in [5, 5.41) is 16.5. The van der Waals surface area contributed by atoms with Gasteiger partial charge in [0.05, 0.1) is 31.0 Å². The van der Waals surface area contributed by atoms with Crippen LogP contribution in [0.3, 0.4) is 0 Å². The molecule has 0 aliphatic carbocycles. The van der Waals surface area contributed by atoms with Crippen LogP contribution in [0.25, 0.3) is 16.6 Å². The molecular weight excluding hydrogens is 458 g/mol. The molecule has 1 aliphatic rings. The Bertz CT molecular complexity index is 1420. The van der Waals surface area contributed by atoms with E-state index < -0.39 is 11.7 Å². The number of morpholine rings is 1. The zero-order valence-corrected chi connectivity index (χ0v) is 18.9. The first-order valence-electron chi connectivity index (χ1n) is 11.0. The van der Waals surface area contributed by atoms with Gasteiger partial charge in [-0.25, -0.2) is 5.43 Å². The van der Waals surface area contributed by atoms with Crippen molar-refractivity contribution in [2.75, 3.05) is 32.8 Å². The molecule has 1 aromatic carbocycles. The van der Waals surface area contributed by atoms with Crippen LogP contribution < -0.4 is 5.43 Å². The SMILES string of the molecule is C/C(=N\NC(=O)CN1CCOCC1)c1ccc2nnc(C(F)(F)c3ccc4ncccc4c3)n2n1. The minimum atomic E-state index is -3.47. The summed E-state index contributed by atoms with van der Waals surface area (Å²) in [6.07, 6.45) is 1.60. The van der Waals surface area contributed by atoms with Gasteiger partial charge in [-0.2, -0.15) is 23.5 Å². The summed E-state index contributed by atoms with van der Waals surface area (Å²) in [5.74, 6) is -4.37. The molecule has 0 atom stereocenters. The molecular formula is C23H22F2N8O2. The van der Waals surface area contributed by atoms with Gasteiger partial charge >= 0.3 is 5.92 Å². The van der Waals surface area contributed by atoms with Crippen LogP contribution in [0.5, 0.6) is 0 Å². The molecule has 12 heteroatoms. The van der Waals surface area contributed by atoms with Gasteiger partial charge in [-0.15, -0.1) is 10.2 Å². The smallest absolute Gasteiger partial charge is 0.333 e. The van der Waals surface area contributed by atoms with Crippen LogP contribution in [0, 0.1) is 0 Å². The van der Waals surface area contributed by atoms with Crippen molar-refractivity contribution >= 4 is 28.2 Å². The van der Waals surface area contributed by atoms with E-state index in [1.807, 2.05) is 4.90 Å². The third-order valence-corrected chi connectivity index (χ3v) is 5.70. The first-order valence-corrected chi connectivity index (χ1v) is 11.0. The second-order valence-electron chi connectivity index (χ2n) is 8.12. The van der Waals surface area contributed by atoms with Crippen molar-refractivity contribution < 1.29 is 18.3 Å². The number of hydrogen-bond donors (Lipinski definition) is 1. The summed E-state index contributed by atoms with van der Waals surface area (Å²) in [6, 6.07) is 10.7. The third-order valence-electron chi connectivity index (χ3n) is 5.70. The van der Waals surface area contributed by atoms with Gasteiger partial charge in [-0.1, -0.05) is 12.1 Å². The van der Waals surface area contributed by atoms with Crippen molar-refractivity contribution in [2.45, 2.75) is 12.8 Å². The van der Waals surface area contributed by atoms with E-state index in [1.54, 1.807) is 31.3 Å². The zero-order chi connectivity index (χ0) is 24.4. The Morgan fingerprint density at radius 1 is 1.17 bits per heavy atom. The highest BCUT2D eigenvalue weighted by molar-refractivity contribution is 5.97. The quantitative estimate of drug-likeness (QED) is 0.332. The number of halogens is 2. The molecule has 0 unspecified atom stereocenters. The standard InChI is InChI=1S/C23H22F2N8O2/c1-15(27-29-21(34)14-32-9-11-35-12-10-32)18-6-7-20-28-30-22(33(20)31-18)23(24,25)17-4-5-19-16(13-17)3-2-8-26-19/h2-8,13H,9-12,14H2,1H3,(H,29,34)/b27-15+. The van der Waals surface area contributed by atoms with Crippen LogP contribution in [0.2, 0.25) is 0 Å². The van der Waals surface area contributed by atoms with Gasteiger partial charge < -0.3 is 4.74 Å². The van der Waals surface area contributed by atoms with Crippen LogP contribution in [0.15, 0.2) is 53.8 Å². The van der Waals surface area contributed by atoms with E-state index >= 15 is 8.78 Å². The molecule has 1 amide bonds. The number of rotatable bonds is 6. The highest BCUT2D eigenvalue weighted by atomic mass is 19.3. The third kappa shape index (κ3) is 4.70. The maximum Gasteiger partial charge on any atom is 0.333 e. The molecule has 3 aromatic heterocycles. The van der Waals surface area contributed by atoms with Crippen molar-refractivity contribution in [3.63, 3.8) is 0 Å². The Morgan fingerprint density at radius 3 is 2.83 bits per heavy atom. The van der Waals surface area contributed by atoms with Crippen molar-refractivity contribution in [3.8, 4) is 0 Å². The van der Waals surface area contributed by atoms with Crippen molar-refractivity contribution in [3.05, 3.63) is 65.7 Å². The molecule has 0 saturated carbocycles.